The van der Waals surface area contributed by atoms with E-state index < -0.39 is 0 Å². The number of ether oxygens (including phenoxy) is 1. The zero-order valence-corrected chi connectivity index (χ0v) is 13.8. The fourth-order valence-electron chi connectivity index (χ4n) is 2.08. The van der Waals surface area contributed by atoms with Crippen LogP contribution in [-0.4, -0.2) is 6.54 Å². The van der Waals surface area contributed by atoms with Crippen molar-refractivity contribution >= 4 is 15.9 Å². The monoisotopic (exact) mass is 351 g/mol. The summed E-state index contributed by atoms with van der Waals surface area (Å²) in [4.78, 5) is 0. The number of hydrogen-bond acceptors (Lipinski definition) is 2. The van der Waals surface area contributed by atoms with Gasteiger partial charge in [-0.3, -0.25) is 0 Å². The lowest BCUT2D eigenvalue weighted by Crippen LogP contribution is -2.19. The summed E-state index contributed by atoms with van der Waals surface area (Å²) in [6, 6.07) is 12.3. The zero-order valence-electron chi connectivity index (χ0n) is 12.2. The van der Waals surface area contributed by atoms with Crippen LogP contribution in [0.1, 0.15) is 31.9 Å². The third-order valence-corrected chi connectivity index (χ3v) is 3.66. The SMILES string of the molecule is CCCNC(C)c1cc(F)ccc1Oc1cccc(Br)c1. The van der Waals surface area contributed by atoms with Gasteiger partial charge in [0.2, 0.25) is 0 Å². The average molecular weight is 352 g/mol. The van der Waals surface area contributed by atoms with E-state index in [1.54, 1.807) is 6.07 Å². The highest BCUT2D eigenvalue weighted by Gasteiger charge is 2.13. The van der Waals surface area contributed by atoms with Crippen LogP contribution in [0.3, 0.4) is 0 Å². The lowest BCUT2D eigenvalue weighted by atomic mass is 10.1. The topological polar surface area (TPSA) is 21.3 Å². The van der Waals surface area contributed by atoms with Gasteiger partial charge in [-0.25, -0.2) is 4.39 Å². The molecule has 1 atom stereocenters. The second-order valence-corrected chi connectivity index (χ2v) is 5.83. The Hall–Kier alpha value is -1.39. The second-order valence-electron chi connectivity index (χ2n) is 4.92. The van der Waals surface area contributed by atoms with Crippen molar-refractivity contribution in [1.82, 2.24) is 5.32 Å². The first-order valence-electron chi connectivity index (χ1n) is 7.06. The normalized spacial score (nSPS) is 12.2. The Morgan fingerprint density at radius 2 is 2.05 bits per heavy atom. The summed E-state index contributed by atoms with van der Waals surface area (Å²) in [6.07, 6.45) is 1.03. The average Bonchev–Trinajstić information content (AvgIpc) is 2.46. The molecular formula is C17H19BrFNO. The molecule has 1 unspecified atom stereocenters. The zero-order chi connectivity index (χ0) is 15.2. The van der Waals surface area contributed by atoms with Crippen LogP contribution in [0.25, 0.3) is 0 Å². The van der Waals surface area contributed by atoms with Crippen LogP contribution >= 0.6 is 15.9 Å². The van der Waals surface area contributed by atoms with Gasteiger partial charge < -0.3 is 10.1 Å². The van der Waals surface area contributed by atoms with E-state index in [-0.39, 0.29) is 11.9 Å². The molecular weight excluding hydrogens is 333 g/mol. The Balaban J connectivity index is 2.26. The number of hydrogen-bond donors (Lipinski definition) is 1. The molecule has 0 aromatic heterocycles. The van der Waals surface area contributed by atoms with Crippen LogP contribution in [0.15, 0.2) is 46.9 Å². The molecule has 0 fully saturated rings. The van der Waals surface area contributed by atoms with E-state index in [1.165, 1.54) is 12.1 Å². The van der Waals surface area contributed by atoms with Crippen molar-refractivity contribution in [2.75, 3.05) is 6.54 Å². The molecule has 0 bridgehead atoms. The summed E-state index contributed by atoms with van der Waals surface area (Å²) in [5, 5.41) is 3.36. The Morgan fingerprint density at radius 1 is 1.24 bits per heavy atom. The van der Waals surface area contributed by atoms with Crippen LogP contribution in [0.2, 0.25) is 0 Å². The Morgan fingerprint density at radius 3 is 2.76 bits per heavy atom. The highest BCUT2D eigenvalue weighted by atomic mass is 79.9. The van der Waals surface area contributed by atoms with Gasteiger partial charge in [-0.1, -0.05) is 28.9 Å². The van der Waals surface area contributed by atoms with E-state index >= 15 is 0 Å². The van der Waals surface area contributed by atoms with Crippen molar-refractivity contribution in [2.24, 2.45) is 0 Å². The smallest absolute Gasteiger partial charge is 0.132 e. The van der Waals surface area contributed by atoms with Crippen LogP contribution in [0.4, 0.5) is 4.39 Å². The molecule has 0 radical (unpaired) electrons. The maximum absolute atomic E-state index is 13.5. The first kappa shape index (κ1) is 16.0. The van der Waals surface area contributed by atoms with Crippen molar-refractivity contribution in [1.29, 1.82) is 0 Å². The minimum absolute atomic E-state index is 0.0304. The molecule has 0 aliphatic heterocycles. The van der Waals surface area contributed by atoms with Gasteiger partial charge in [-0.05, 0) is 56.3 Å². The number of nitrogens with one attached hydrogen (secondary N) is 1. The molecule has 0 saturated carbocycles. The van der Waals surface area contributed by atoms with Crippen LogP contribution in [0.5, 0.6) is 11.5 Å². The van der Waals surface area contributed by atoms with Crippen molar-refractivity contribution in [3.05, 3.63) is 58.3 Å². The molecule has 112 valence electrons. The molecule has 21 heavy (non-hydrogen) atoms. The summed E-state index contributed by atoms with van der Waals surface area (Å²) >= 11 is 3.42. The highest BCUT2D eigenvalue weighted by molar-refractivity contribution is 9.10. The third-order valence-electron chi connectivity index (χ3n) is 3.16. The molecule has 2 aromatic rings. The van der Waals surface area contributed by atoms with E-state index in [4.69, 9.17) is 4.74 Å². The molecule has 1 N–H and O–H groups in total. The number of rotatable bonds is 6. The quantitative estimate of drug-likeness (QED) is 0.747. The fraction of sp³-hybridized carbons (Fsp3) is 0.294. The first-order chi connectivity index (χ1) is 10.1. The minimum atomic E-state index is -0.253. The van der Waals surface area contributed by atoms with E-state index in [0.29, 0.717) is 5.75 Å². The Kier molecular flexibility index (Phi) is 5.76. The van der Waals surface area contributed by atoms with E-state index in [2.05, 4.69) is 28.2 Å². The molecule has 2 aromatic carbocycles. The summed E-state index contributed by atoms with van der Waals surface area (Å²) in [6.45, 7) is 5.00. The molecule has 2 rings (SSSR count). The maximum atomic E-state index is 13.5. The molecule has 4 heteroatoms. The van der Waals surface area contributed by atoms with Gasteiger partial charge in [0.1, 0.15) is 17.3 Å². The standard InChI is InChI=1S/C17H19BrFNO/c1-3-9-20-12(2)16-11-14(19)7-8-17(16)21-15-6-4-5-13(18)10-15/h4-8,10-12,20H,3,9H2,1-2H3. The predicted molar refractivity (Wildman–Crippen MR) is 87.3 cm³/mol. The minimum Gasteiger partial charge on any atom is -0.457 e. The lowest BCUT2D eigenvalue weighted by Gasteiger charge is -2.18. The molecule has 0 heterocycles. The summed E-state index contributed by atoms with van der Waals surface area (Å²) < 4.78 is 20.4. The Bertz CT molecular complexity index is 603. The van der Waals surface area contributed by atoms with E-state index in [0.717, 1.165) is 28.8 Å². The third kappa shape index (κ3) is 4.55. The van der Waals surface area contributed by atoms with Gasteiger partial charge in [0.15, 0.2) is 0 Å². The Labute approximate surface area is 133 Å². The van der Waals surface area contributed by atoms with Gasteiger partial charge in [-0.2, -0.15) is 0 Å². The largest absolute Gasteiger partial charge is 0.457 e. The van der Waals surface area contributed by atoms with Gasteiger partial charge in [0, 0.05) is 16.1 Å². The summed E-state index contributed by atoms with van der Waals surface area (Å²) in [5.41, 5.74) is 0.823. The van der Waals surface area contributed by atoms with Crippen molar-refractivity contribution in [3.8, 4) is 11.5 Å². The number of benzene rings is 2. The molecule has 0 aliphatic carbocycles. The van der Waals surface area contributed by atoms with Gasteiger partial charge in [-0.15, -0.1) is 0 Å². The van der Waals surface area contributed by atoms with Gasteiger partial charge in [0.25, 0.3) is 0 Å². The van der Waals surface area contributed by atoms with E-state index in [9.17, 15) is 4.39 Å². The van der Waals surface area contributed by atoms with Crippen LogP contribution in [-0.2, 0) is 0 Å². The predicted octanol–water partition coefficient (Wildman–Crippen LogP) is 5.44. The lowest BCUT2D eigenvalue weighted by molar-refractivity contribution is 0.457. The van der Waals surface area contributed by atoms with Crippen LogP contribution in [0, 0.1) is 5.82 Å². The van der Waals surface area contributed by atoms with Crippen molar-refractivity contribution in [2.45, 2.75) is 26.3 Å². The van der Waals surface area contributed by atoms with Crippen molar-refractivity contribution < 1.29 is 9.13 Å². The van der Waals surface area contributed by atoms with E-state index in [1.807, 2.05) is 31.2 Å². The van der Waals surface area contributed by atoms with Gasteiger partial charge >= 0.3 is 0 Å². The molecule has 0 spiro atoms. The number of halogens is 2. The summed E-state index contributed by atoms with van der Waals surface area (Å²) in [5.74, 6) is 1.14. The second kappa shape index (κ2) is 7.57. The highest BCUT2D eigenvalue weighted by Crippen LogP contribution is 2.31. The maximum Gasteiger partial charge on any atom is 0.132 e. The first-order valence-corrected chi connectivity index (χ1v) is 7.85. The van der Waals surface area contributed by atoms with Crippen molar-refractivity contribution in [3.63, 3.8) is 0 Å². The fourth-order valence-corrected chi connectivity index (χ4v) is 2.46. The van der Waals surface area contributed by atoms with Gasteiger partial charge in [0.05, 0.1) is 0 Å². The van der Waals surface area contributed by atoms with Crippen LogP contribution < -0.4 is 10.1 Å². The summed E-state index contributed by atoms with van der Waals surface area (Å²) in [7, 11) is 0. The molecule has 0 saturated heterocycles. The molecule has 0 amide bonds. The molecule has 0 aliphatic rings. The molecule has 2 nitrogen and oxygen atoms in total.